The Labute approximate surface area is 99.1 Å². The minimum absolute atomic E-state index is 0.246. The number of hydrogen-bond donors (Lipinski definition) is 1. The lowest BCUT2D eigenvalue weighted by atomic mass is 10.1. The highest BCUT2D eigenvalue weighted by Gasteiger charge is 2.34. The summed E-state index contributed by atoms with van der Waals surface area (Å²) in [7, 11) is 1.97. The van der Waals surface area contributed by atoms with Gasteiger partial charge in [0.2, 0.25) is 0 Å². The van der Waals surface area contributed by atoms with Crippen molar-refractivity contribution in [1.82, 2.24) is 15.5 Å². The molecule has 0 amide bonds. The molecular weight excluding hydrogens is 226 g/mol. The molecule has 1 aliphatic rings. The van der Waals surface area contributed by atoms with Crippen LogP contribution in [0.2, 0.25) is 0 Å². The maximum atomic E-state index is 4.34. The van der Waals surface area contributed by atoms with Gasteiger partial charge < -0.3 is 5.32 Å². The zero-order valence-corrected chi connectivity index (χ0v) is 10.9. The molecule has 3 nitrogen and oxygen atoms in total. The molecule has 0 spiro atoms. The van der Waals surface area contributed by atoms with Crippen LogP contribution in [-0.2, 0) is 11.2 Å². The summed E-state index contributed by atoms with van der Waals surface area (Å²) >= 11 is 3.81. The third-order valence-corrected chi connectivity index (χ3v) is 5.63. The van der Waals surface area contributed by atoms with Gasteiger partial charge in [0.25, 0.3) is 0 Å². The van der Waals surface area contributed by atoms with Gasteiger partial charge in [-0.15, -0.1) is 33.3 Å². The molecular formula is C10H17N3S2. The van der Waals surface area contributed by atoms with E-state index in [2.05, 4.69) is 22.4 Å². The molecule has 5 heteroatoms. The van der Waals surface area contributed by atoms with Crippen molar-refractivity contribution in [3.05, 3.63) is 10.0 Å². The van der Waals surface area contributed by atoms with Gasteiger partial charge in [-0.3, -0.25) is 0 Å². The van der Waals surface area contributed by atoms with Gasteiger partial charge in [0.1, 0.15) is 10.0 Å². The molecule has 0 aliphatic carbocycles. The largest absolute Gasteiger partial charge is 0.319 e. The Balaban J connectivity index is 2.05. The Bertz CT molecular complexity index is 318. The van der Waals surface area contributed by atoms with Crippen LogP contribution >= 0.6 is 23.1 Å². The van der Waals surface area contributed by atoms with E-state index in [0.717, 1.165) is 18.0 Å². The number of nitrogens with one attached hydrogen (secondary N) is 1. The molecule has 1 atom stereocenters. The van der Waals surface area contributed by atoms with Gasteiger partial charge in [0, 0.05) is 13.0 Å². The molecule has 1 aliphatic heterocycles. The van der Waals surface area contributed by atoms with Crippen molar-refractivity contribution in [2.75, 3.05) is 19.3 Å². The zero-order chi connectivity index (χ0) is 10.7. The fraction of sp³-hybridized carbons (Fsp3) is 0.800. The van der Waals surface area contributed by atoms with Gasteiger partial charge in [-0.25, -0.2) is 0 Å². The number of aromatic nitrogens is 2. The molecule has 84 valence electrons. The molecule has 1 aromatic rings. The predicted octanol–water partition coefficient (Wildman–Crippen LogP) is 2.04. The van der Waals surface area contributed by atoms with E-state index < -0.39 is 0 Å². The van der Waals surface area contributed by atoms with Crippen molar-refractivity contribution in [3.63, 3.8) is 0 Å². The maximum absolute atomic E-state index is 4.34. The zero-order valence-electron chi connectivity index (χ0n) is 9.25. The topological polar surface area (TPSA) is 37.8 Å². The Morgan fingerprint density at radius 3 is 3.00 bits per heavy atom. The van der Waals surface area contributed by atoms with Crippen LogP contribution in [0.1, 0.15) is 29.8 Å². The summed E-state index contributed by atoms with van der Waals surface area (Å²) in [6.45, 7) is 3.28. The minimum Gasteiger partial charge on any atom is -0.319 e. The summed E-state index contributed by atoms with van der Waals surface area (Å²) in [5, 5.41) is 14.1. The lowest BCUT2D eigenvalue weighted by Gasteiger charge is -2.17. The highest BCUT2D eigenvalue weighted by Crippen LogP contribution is 2.46. The third kappa shape index (κ3) is 2.52. The molecule has 1 unspecified atom stereocenters. The summed E-state index contributed by atoms with van der Waals surface area (Å²) in [5.74, 6) is 1.27. The van der Waals surface area contributed by atoms with Crippen molar-refractivity contribution >= 4 is 23.1 Å². The highest BCUT2D eigenvalue weighted by molar-refractivity contribution is 8.00. The van der Waals surface area contributed by atoms with Crippen LogP contribution < -0.4 is 5.32 Å². The third-order valence-electron chi connectivity index (χ3n) is 2.73. The van der Waals surface area contributed by atoms with Crippen LogP contribution in [0.25, 0.3) is 0 Å². The number of thioether (sulfide) groups is 1. The molecule has 0 saturated carbocycles. The first kappa shape index (κ1) is 11.4. The van der Waals surface area contributed by atoms with E-state index in [4.69, 9.17) is 0 Å². The van der Waals surface area contributed by atoms with E-state index >= 15 is 0 Å². The average molecular weight is 243 g/mol. The van der Waals surface area contributed by atoms with Crippen molar-refractivity contribution in [3.8, 4) is 0 Å². The quantitative estimate of drug-likeness (QED) is 0.878. The summed E-state index contributed by atoms with van der Waals surface area (Å²) in [6, 6.07) is 0. The lowest BCUT2D eigenvalue weighted by molar-refractivity contribution is 0.633. The van der Waals surface area contributed by atoms with E-state index in [9.17, 15) is 0 Å². The summed E-state index contributed by atoms with van der Waals surface area (Å²) < 4.78 is 0.246. The second-order valence-corrected chi connectivity index (χ2v) is 6.70. The molecule has 2 heterocycles. The SMILES string of the molecule is CNCCc1nnc(C2(C)CCCS2)s1. The van der Waals surface area contributed by atoms with Crippen LogP contribution in [-0.4, -0.2) is 29.5 Å². The molecule has 0 aromatic carbocycles. The number of nitrogens with zero attached hydrogens (tertiary/aromatic N) is 2. The molecule has 1 fully saturated rings. The van der Waals surface area contributed by atoms with Crippen LogP contribution in [0.3, 0.4) is 0 Å². The fourth-order valence-electron chi connectivity index (χ4n) is 1.75. The molecule has 2 rings (SSSR count). The van der Waals surface area contributed by atoms with Crippen LogP contribution in [0.15, 0.2) is 0 Å². The van der Waals surface area contributed by atoms with Gasteiger partial charge in [-0.1, -0.05) is 0 Å². The lowest BCUT2D eigenvalue weighted by Crippen LogP contribution is -2.11. The molecule has 15 heavy (non-hydrogen) atoms. The van der Waals surface area contributed by atoms with Crippen molar-refractivity contribution in [1.29, 1.82) is 0 Å². The Morgan fingerprint density at radius 1 is 1.47 bits per heavy atom. The van der Waals surface area contributed by atoms with E-state index in [-0.39, 0.29) is 4.75 Å². The van der Waals surface area contributed by atoms with E-state index in [1.165, 1.54) is 23.6 Å². The normalized spacial score (nSPS) is 26.0. The Hall–Kier alpha value is -0.130. The summed E-state index contributed by atoms with van der Waals surface area (Å²) in [4.78, 5) is 0. The standard InChI is InChI=1S/C10H17N3S2/c1-10(5-3-7-14-10)9-13-12-8(15-9)4-6-11-2/h11H,3-7H2,1-2H3. The van der Waals surface area contributed by atoms with Crippen molar-refractivity contribution in [2.45, 2.75) is 30.9 Å². The van der Waals surface area contributed by atoms with Gasteiger partial charge >= 0.3 is 0 Å². The Kier molecular flexibility index (Phi) is 3.64. The first-order valence-corrected chi connectivity index (χ1v) is 7.16. The smallest absolute Gasteiger partial charge is 0.133 e. The number of likely N-dealkylation sites (N-methyl/N-ethyl adjacent to an activating group) is 1. The van der Waals surface area contributed by atoms with Gasteiger partial charge in [0.05, 0.1) is 4.75 Å². The van der Waals surface area contributed by atoms with Crippen LogP contribution in [0.4, 0.5) is 0 Å². The monoisotopic (exact) mass is 243 g/mol. The predicted molar refractivity (Wildman–Crippen MR) is 66.6 cm³/mol. The first-order chi connectivity index (χ1) is 7.24. The highest BCUT2D eigenvalue weighted by atomic mass is 32.2. The van der Waals surface area contributed by atoms with E-state index in [1.807, 2.05) is 18.8 Å². The molecule has 1 aromatic heterocycles. The van der Waals surface area contributed by atoms with Crippen LogP contribution in [0.5, 0.6) is 0 Å². The number of hydrogen-bond acceptors (Lipinski definition) is 5. The molecule has 0 bridgehead atoms. The van der Waals surface area contributed by atoms with Gasteiger partial charge in [0.15, 0.2) is 0 Å². The van der Waals surface area contributed by atoms with Gasteiger partial charge in [-0.2, -0.15) is 0 Å². The van der Waals surface area contributed by atoms with Crippen LogP contribution in [0, 0.1) is 0 Å². The average Bonchev–Trinajstić information content (AvgIpc) is 2.84. The molecule has 0 radical (unpaired) electrons. The Morgan fingerprint density at radius 2 is 2.33 bits per heavy atom. The number of rotatable bonds is 4. The van der Waals surface area contributed by atoms with Crippen molar-refractivity contribution in [2.24, 2.45) is 0 Å². The van der Waals surface area contributed by atoms with E-state index in [1.54, 1.807) is 11.3 Å². The van der Waals surface area contributed by atoms with Gasteiger partial charge in [-0.05, 0) is 32.6 Å². The van der Waals surface area contributed by atoms with Crippen molar-refractivity contribution < 1.29 is 0 Å². The minimum atomic E-state index is 0.246. The second-order valence-electron chi connectivity index (χ2n) is 4.04. The summed E-state index contributed by atoms with van der Waals surface area (Å²) in [6.07, 6.45) is 3.56. The first-order valence-electron chi connectivity index (χ1n) is 5.36. The summed E-state index contributed by atoms with van der Waals surface area (Å²) in [5.41, 5.74) is 0. The molecule has 1 saturated heterocycles. The fourth-order valence-corrected chi connectivity index (χ4v) is 4.15. The maximum Gasteiger partial charge on any atom is 0.133 e. The second kappa shape index (κ2) is 4.80. The molecule has 1 N–H and O–H groups in total. The van der Waals surface area contributed by atoms with E-state index in [0.29, 0.717) is 0 Å².